The summed E-state index contributed by atoms with van der Waals surface area (Å²) in [5.41, 5.74) is 0.450. The van der Waals surface area contributed by atoms with Crippen molar-refractivity contribution >= 4 is 35.1 Å². The molecule has 1 N–H and O–H groups in total. The second kappa shape index (κ2) is 7.94. The number of amides is 1. The Labute approximate surface area is 142 Å². The summed E-state index contributed by atoms with van der Waals surface area (Å²) in [6.07, 6.45) is 0. The van der Waals surface area contributed by atoms with Crippen molar-refractivity contribution in [3.8, 4) is 0 Å². The number of halogens is 3. The van der Waals surface area contributed by atoms with Crippen molar-refractivity contribution in [3.05, 3.63) is 69.5 Å². The van der Waals surface area contributed by atoms with E-state index >= 15 is 0 Å². The van der Waals surface area contributed by atoms with Gasteiger partial charge >= 0.3 is 5.97 Å². The number of hydrogen-bond donors (Lipinski definition) is 1. The lowest BCUT2D eigenvalue weighted by Gasteiger charge is -2.08. The van der Waals surface area contributed by atoms with Crippen molar-refractivity contribution in [1.82, 2.24) is 5.32 Å². The van der Waals surface area contributed by atoms with Crippen LogP contribution in [-0.4, -0.2) is 18.5 Å². The number of benzene rings is 2. The highest BCUT2D eigenvalue weighted by molar-refractivity contribution is 6.33. The molecule has 0 bridgehead atoms. The number of esters is 1. The molecule has 7 heteroatoms. The Morgan fingerprint density at radius 2 is 1.78 bits per heavy atom. The number of carbonyl (C=O) groups is 2. The Morgan fingerprint density at radius 3 is 2.43 bits per heavy atom. The molecule has 0 heterocycles. The first kappa shape index (κ1) is 17.2. The molecule has 0 aliphatic carbocycles. The van der Waals surface area contributed by atoms with Crippen LogP contribution < -0.4 is 5.32 Å². The number of rotatable bonds is 5. The van der Waals surface area contributed by atoms with Gasteiger partial charge in [0.2, 0.25) is 0 Å². The lowest BCUT2D eigenvalue weighted by Crippen LogP contribution is -2.28. The van der Waals surface area contributed by atoms with E-state index in [1.807, 2.05) is 0 Å². The van der Waals surface area contributed by atoms with Crippen LogP contribution in [0.2, 0.25) is 10.0 Å². The van der Waals surface area contributed by atoms with Crippen molar-refractivity contribution in [3.63, 3.8) is 0 Å². The number of carbonyl (C=O) groups excluding carboxylic acids is 2. The van der Waals surface area contributed by atoms with E-state index < -0.39 is 24.3 Å². The van der Waals surface area contributed by atoms with Gasteiger partial charge in [0, 0.05) is 11.6 Å². The summed E-state index contributed by atoms with van der Waals surface area (Å²) in [7, 11) is 0. The maximum Gasteiger partial charge on any atom is 0.343 e. The largest absolute Gasteiger partial charge is 0.452 e. The molecule has 0 saturated carbocycles. The van der Waals surface area contributed by atoms with E-state index in [9.17, 15) is 14.0 Å². The summed E-state index contributed by atoms with van der Waals surface area (Å²) in [5, 5.41) is 3.09. The highest BCUT2D eigenvalue weighted by Gasteiger charge is 2.18. The molecule has 0 unspecified atom stereocenters. The standard InChI is InChI=1S/C16H12Cl2FNO3/c17-11-6-4-10(5-7-11)8-20-14(21)9-23-16(22)15-12(18)2-1-3-13(15)19/h1-7H,8-9H2,(H,20,21). The normalized spacial score (nSPS) is 10.2. The number of hydrogen-bond acceptors (Lipinski definition) is 3. The fourth-order valence-corrected chi connectivity index (χ4v) is 2.12. The van der Waals surface area contributed by atoms with E-state index in [1.54, 1.807) is 24.3 Å². The molecule has 0 saturated heterocycles. The average molecular weight is 356 g/mol. The Morgan fingerprint density at radius 1 is 1.09 bits per heavy atom. The van der Waals surface area contributed by atoms with Gasteiger partial charge in [0.05, 0.1) is 5.02 Å². The van der Waals surface area contributed by atoms with Crippen molar-refractivity contribution in [1.29, 1.82) is 0 Å². The molecule has 0 atom stereocenters. The van der Waals surface area contributed by atoms with Crippen molar-refractivity contribution in [2.45, 2.75) is 6.54 Å². The molecule has 120 valence electrons. The molecule has 0 spiro atoms. The first-order valence-corrected chi connectivity index (χ1v) is 7.35. The zero-order valence-electron chi connectivity index (χ0n) is 11.8. The molecule has 0 aliphatic heterocycles. The molecule has 0 radical (unpaired) electrons. The fourth-order valence-electron chi connectivity index (χ4n) is 1.75. The molecule has 2 aromatic rings. The van der Waals surface area contributed by atoms with Gasteiger partial charge in [0.15, 0.2) is 6.61 Å². The van der Waals surface area contributed by atoms with E-state index in [0.717, 1.165) is 11.6 Å². The van der Waals surface area contributed by atoms with Gasteiger partial charge in [0.1, 0.15) is 11.4 Å². The Balaban J connectivity index is 1.84. The lowest BCUT2D eigenvalue weighted by atomic mass is 10.2. The van der Waals surface area contributed by atoms with Crippen molar-refractivity contribution in [2.24, 2.45) is 0 Å². The van der Waals surface area contributed by atoms with Gasteiger partial charge in [-0.15, -0.1) is 0 Å². The minimum atomic E-state index is -0.991. The third kappa shape index (κ3) is 4.94. The average Bonchev–Trinajstić information content (AvgIpc) is 2.52. The zero-order chi connectivity index (χ0) is 16.8. The lowest BCUT2D eigenvalue weighted by molar-refractivity contribution is -0.124. The summed E-state index contributed by atoms with van der Waals surface area (Å²) in [6, 6.07) is 10.7. The highest BCUT2D eigenvalue weighted by atomic mass is 35.5. The van der Waals surface area contributed by atoms with Crippen LogP contribution in [0.5, 0.6) is 0 Å². The molecule has 23 heavy (non-hydrogen) atoms. The molecule has 2 rings (SSSR count). The Hall–Kier alpha value is -2.11. The topological polar surface area (TPSA) is 55.4 Å². The number of ether oxygens (including phenoxy) is 1. The van der Waals surface area contributed by atoms with Crippen LogP contribution in [0.1, 0.15) is 15.9 Å². The summed E-state index contributed by atoms with van der Waals surface area (Å²) in [4.78, 5) is 23.4. The molecule has 0 fully saturated rings. The maximum absolute atomic E-state index is 13.5. The molecule has 0 aromatic heterocycles. The molecule has 0 aliphatic rings. The smallest absolute Gasteiger partial charge is 0.343 e. The van der Waals surface area contributed by atoms with Crippen LogP contribution in [0, 0.1) is 5.82 Å². The minimum Gasteiger partial charge on any atom is -0.452 e. The summed E-state index contributed by atoms with van der Waals surface area (Å²) in [5.74, 6) is -2.31. The molecular formula is C16H12Cl2FNO3. The number of nitrogens with one attached hydrogen (secondary N) is 1. The monoisotopic (exact) mass is 355 g/mol. The van der Waals surface area contributed by atoms with Gasteiger partial charge in [-0.2, -0.15) is 0 Å². The van der Waals surface area contributed by atoms with Gasteiger partial charge in [0.25, 0.3) is 5.91 Å². The zero-order valence-corrected chi connectivity index (χ0v) is 13.3. The van der Waals surface area contributed by atoms with Gasteiger partial charge in [-0.05, 0) is 29.8 Å². The Kier molecular flexibility index (Phi) is 5.96. The molecule has 4 nitrogen and oxygen atoms in total. The van der Waals surface area contributed by atoms with E-state index in [0.29, 0.717) is 5.02 Å². The Bertz CT molecular complexity index is 700. The summed E-state index contributed by atoms with van der Waals surface area (Å²) >= 11 is 11.5. The van der Waals surface area contributed by atoms with E-state index in [-0.39, 0.29) is 17.1 Å². The van der Waals surface area contributed by atoms with E-state index in [4.69, 9.17) is 27.9 Å². The van der Waals surface area contributed by atoms with Crippen LogP contribution in [-0.2, 0) is 16.1 Å². The maximum atomic E-state index is 13.5. The second-order valence-electron chi connectivity index (χ2n) is 4.58. The van der Waals surface area contributed by atoms with E-state index in [2.05, 4.69) is 5.32 Å². The van der Waals surface area contributed by atoms with E-state index in [1.165, 1.54) is 12.1 Å². The first-order chi connectivity index (χ1) is 11.0. The van der Waals surface area contributed by atoms with Crippen molar-refractivity contribution < 1.29 is 18.7 Å². The molecule has 2 aromatic carbocycles. The van der Waals surface area contributed by atoms with Crippen LogP contribution in [0.25, 0.3) is 0 Å². The molecular weight excluding hydrogens is 344 g/mol. The quantitative estimate of drug-likeness (QED) is 0.833. The van der Waals surface area contributed by atoms with Gasteiger partial charge in [-0.25, -0.2) is 9.18 Å². The predicted octanol–water partition coefficient (Wildman–Crippen LogP) is 3.61. The third-order valence-electron chi connectivity index (χ3n) is 2.90. The van der Waals surface area contributed by atoms with Crippen molar-refractivity contribution in [2.75, 3.05) is 6.61 Å². The van der Waals surface area contributed by atoms with Gasteiger partial charge in [-0.3, -0.25) is 4.79 Å². The van der Waals surface area contributed by atoms with Gasteiger partial charge in [-0.1, -0.05) is 41.4 Å². The fraction of sp³-hybridized carbons (Fsp3) is 0.125. The molecule has 1 amide bonds. The first-order valence-electron chi connectivity index (χ1n) is 6.59. The second-order valence-corrected chi connectivity index (χ2v) is 5.42. The van der Waals surface area contributed by atoms with Crippen LogP contribution in [0.15, 0.2) is 42.5 Å². The summed E-state index contributed by atoms with van der Waals surface area (Å²) < 4.78 is 18.3. The van der Waals surface area contributed by atoms with Crippen LogP contribution >= 0.6 is 23.2 Å². The SMILES string of the molecule is O=C(COC(=O)c1c(F)cccc1Cl)NCc1ccc(Cl)cc1. The minimum absolute atomic E-state index is 0.0726. The van der Waals surface area contributed by atoms with Gasteiger partial charge < -0.3 is 10.1 Å². The highest BCUT2D eigenvalue weighted by Crippen LogP contribution is 2.19. The summed E-state index contributed by atoms with van der Waals surface area (Å²) in [6.45, 7) is -0.273. The van der Waals surface area contributed by atoms with Crippen LogP contribution in [0.4, 0.5) is 4.39 Å². The van der Waals surface area contributed by atoms with Crippen LogP contribution in [0.3, 0.4) is 0 Å². The third-order valence-corrected chi connectivity index (χ3v) is 3.47. The predicted molar refractivity (Wildman–Crippen MR) is 85.0 cm³/mol.